The van der Waals surface area contributed by atoms with E-state index in [1.807, 2.05) is 37.4 Å². The largest absolute Gasteiger partial charge is 0.477 e. The lowest BCUT2D eigenvalue weighted by molar-refractivity contribution is 0.0694. The van der Waals surface area contributed by atoms with E-state index < -0.39 is 54.9 Å². The predicted molar refractivity (Wildman–Crippen MR) is 252 cm³/mol. The van der Waals surface area contributed by atoms with Crippen molar-refractivity contribution in [3.63, 3.8) is 0 Å². The van der Waals surface area contributed by atoms with Crippen molar-refractivity contribution in [2.75, 3.05) is 49.5 Å². The molecule has 68 heavy (non-hydrogen) atoms. The molecule has 18 nitrogen and oxygen atoms in total. The molecule has 1 saturated heterocycles. The fourth-order valence-corrected chi connectivity index (χ4v) is 7.56. The number of rotatable bonds is 13. The van der Waals surface area contributed by atoms with Gasteiger partial charge in [0.15, 0.2) is 17.3 Å². The molecule has 1 aliphatic heterocycles. The van der Waals surface area contributed by atoms with Crippen molar-refractivity contribution in [1.29, 1.82) is 0 Å². The highest BCUT2D eigenvalue weighted by Gasteiger charge is 2.26. The topological polar surface area (TPSA) is 279 Å². The number of nitrogens with two attached hydrogens (primary N) is 1. The first kappa shape index (κ1) is 54.8. The maximum Gasteiger partial charge on any atom is 0.394 e. The summed E-state index contributed by atoms with van der Waals surface area (Å²) < 4.78 is 105. The summed E-state index contributed by atoms with van der Waals surface area (Å²) in [6.45, 7) is 9.95. The van der Waals surface area contributed by atoms with Crippen molar-refractivity contribution in [2.45, 2.75) is 57.0 Å². The van der Waals surface area contributed by atoms with Gasteiger partial charge >= 0.3 is 16.4 Å². The Labute approximate surface area is 395 Å². The Kier molecular flexibility index (Phi) is 19.8. The highest BCUT2D eigenvalue weighted by atomic mass is 35.5. The lowest BCUT2D eigenvalue weighted by Crippen LogP contribution is -2.28. The number of anilines is 2. The Balaban J connectivity index is 0.000000229. The van der Waals surface area contributed by atoms with Crippen LogP contribution >= 0.6 is 11.6 Å². The van der Waals surface area contributed by atoms with Gasteiger partial charge in [0.2, 0.25) is 5.43 Å². The van der Waals surface area contributed by atoms with Crippen molar-refractivity contribution in [1.82, 2.24) is 19.4 Å². The van der Waals surface area contributed by atoms with E-state index >= 15 is 0 Å². The summed E-state index contributed by atoms with van der Waals surface area (Å²) >= 11 is 6.03. The summed E-state index contributed by atoms with van der Waals surface area (Å²) in [6, 6.07) is 17.6. The van der Waals surface area contributed by atoms with Crippen molar-refractivity contribution in [2.24, 2.45) is 5.73 Å². The lowest BCUT2D eigenvalue weighted by atomic mass is 10.1. The van der Waals surface area contributed by atoms with Crippen LogP contribution in [0.25, 0.3) is 27.6 Å². The number of carboxylic acids is 1. The molecule has 0 amide bonds. The van der Waals surface area contributed by atoms with Gasteiger partial charge < -0.3 is 31.1 Å². The summed E-state index contributed by atoms with van der Waals surface area (Å²) in [5.74, 6) is -4.30. The molecule has 3 aromatic heterocycles. The number of aliphatic hydroxyl groups excluding tert-OH is 1. The molecule has 0 aliphatic carbocycles. The van der Waals surface area contributed by atoms with Gasteiger partial charge in [0, 0.05) is 66.3 Å². The molecular formula is C44H51ClF3N7O11S2. The van der Waals surface area contributed by atoms with E-state index in [1.165, 1.54) is 12.1 Å². The molecule has 2 atom stereocenters. The molecule has 3 aromatic carbocycles. The second-order valence-electron chi connectivity index (χ2n) is 15.4. The van der Waals surface area contributed by atoms with Crippen LogP contribution in [0.1, 0.15) is 49.0 Å². The van der Waals surface area contributed by atoms with Crippen LogP contribution in [0.15, 0.2) is 94.9 Å². The molecular weight excluding hydrogens is 959 g/mol. The minimum absolute atomic E-state index is 0.0666. The number of aromatic nitrogens is 3. The van der Waals surface area contributed by atoms with Crippen molar-refractivity contribution in [3.8, 4) is 5.69 Å². The van der Waals surface area contributed by atoms with E-state index in [4.69, 9.17) is 44.5 Å². The molecule has 4 heterocycles. The second kappa shape index (κ2) is 24.5. The summed E-state index contributed by atoms with van der Waals surface area (Å²) in [4.78, 5) is 36.4. The highest BCUT2D eigenvalue weighted by molar-refractivity contribution is 7.85. The minimum Gasteiger partial charge on any atom is -0.477 e. The van der Waals surface area contributed by atoms with Gasteiger partial charge in [0.25, 0.3) is 10.1 Å². The van der Waals surface area contributed by atoms with Crippen LogP contribution < -0.4 is 21.4 Å². The van der Waals surface area contributed by atoms with Gasteiger partial charge in [0.05, 0.1) is 28.1 Å². The number of aliphatic hydroxyl groups is 1. The minimum atomic E-state index is -4.67. The maximum atomic E-state index is 14.7. The predicted octanol–water partition coefficient (Wildman–Crippen LogP) is 6.41. The maximum absolute atomic E-state index is 14.7. The third kappa shape index (κ3) is 16.2. The van der Waals surface area contributed by atoms with Crippen LogP contribution in [0.3, 0.4) is 0 Å². The van der Waals surface area contributed by atoms with E-state index in [0.717, 1.165) is 83.6 Å². The zero-order chi connectivity index (χ0) is 50.5. The SMILES string of the molecule is CCN(CCO)CCCC(C)Nc1ccnc2cc(Cl)ccc12.Cc1ccc(S(=O)(=O)O)cc1.NC1CCN(c2nc3c(cc2F)c(=O)c(C(=O)O)cn3-c2ccc(F)cc2F)C1.O=S(=O)(O)O. The zero-order valence-electron chi connectivity index (χ0n) is 36.9. The van der Waals surface area contributed by atoms with Crippen molar-refractivity contribution in [3.05, 3.63) is 129 Å². The van der Waals surface area contributed by atoms with Crippen molar-refractivity contribution < 1.29 is 58.7 Å². The molecule has 1 aliphatic rings. The molecule has 1 fully saturated rings. The monoisotopic (exact) mass is 1010 g/mol. The number of aromatic carboxylic acids is 1. The van der Waals surface area contributed by atoms with Crippen LogP contribution in [0, 0.1) is 24.4 Å². The molecule has 8 N–H and O–H groups in total. The number of hydrogen-bond donors (Lipinski definition) is 7. The fourth-order valence-electron chi connectivity index (χ4n) is 6.91. The zero-order valence-corrected chi connectivity index (χ0v) is 39.3. The van der Waals surface area contributed by atoms with Crippen LogP contribution in [0.2, 0.25) is 5.02 Å². The molecule has 24 heteroatoms. The Morgan fingerprint density at radius 1 is 0.971 bits per heavy atom. The first-order valence-electron chi connectivity index (χ1n) is 20.7. The number of pyridine rings is 3. The number of hydrogen-bond acceptors (Lipinski definition) is 13. The van der Waals surface area contributed by atoms with E-state index in [0.29, 0.717) is 36.6 Å². The van der Waals surface area contributed by atoms with Gasteiger partial charge in [-0.2, -0.15) is 16.8 Å². The Morgan fingerprint density at radius 3 is 2.22 bits per heavy atom. The number of carbonyl (C=O) groups is 1. The quantitative estimate of drug-likeness (QED) is 0.0616. The number of benzene rings is 3. The van der Waals surface area contributed by atoms with Crippen molar-refractivity contribution >= 4 is 71.5 Å². The average Bonchev–Trinajstić information content (AvgIpc) is 3.69. The van der Waals surface area contributed by atoms with Crippen LogP contribution in [-0.2, 0) is 20.5 Å². The standard InChI is InChI=1S/C19H15F3N4O3.C18H26ClN3O.C7H8O3S.H2O4S/c20-9-1-2-15(13(21)5-9)26-8-12(19(28)29)16(27)11-6-14(22)18(24-17(11)26)25-4-3-10(23)7-25;1-3-22(11-12-23)10-4-5-14(2)21-17-8-9-20-18-13-15(19)6-7-16(17)18;1-6-2-4-7(5-3-6)11(8,9)10;1-5(2,3)4/h1-2,5-6,8,10H,3-4,7,23H2,(H,28,29);6-9,13-14,23H,3-5,10-12H2,1-2H3,(H,20,21);2-5H,1H3,(H,8,9,10);(H2,1,2,3,4). The summed E-state index contributed by atoms with van der Waals surface area (Å²) in [7, 11) is -8.69. The first-order chi connectivity index (χ1) is 31.9. The van der Waals surface area contributed by atoms with Gasteiger partial charge in [-0.05, 0) is 101 Å². The third-order valence-corrected chi connectivity index (χ3v) is 11.3. The number of halogens is 4. The van der Waals surface area contributed by atoms with Crippen LogP contribution in [0.5, 0.6) is 0 Å². The second-order valence-corrected chi connectivity index (χ2v) is 18.2. The molecule has 0 spiro atoms. The molecule has 0 saturated carbocycles. The molecule has 6 aromatic rings. The normalized spacial score (nSPS) is 14.1. The number of fused-ring (bicyclic) bond motifs is 2. The van der Waals surface area contributed by atoms with Gasteiger partial charge in [0.1, 0.15) is 17.2 Å². The number of likely N-dealkylation sites (N-methyl/N-ethyl adjacent to an activating group) is 1. The van der Waals surface area contributed by atoms with E-state index in [-0.39, 0.29) is 40.1 Å². The van der Waals surface area contributed by atoms with Crippen LogP contribution in [-0.4, -0.2) is 118 Å². The van der Waals surface area contributed by atoms with E-state index in [2.05, 4.69) is 34.0 Å². The van der Waals surface area contributed by atoms with Crippen LogP contribution in [0.4, 0.5) is 24.7 Å². The Bertz CT molecular complexity index is 2980. The molecule has 368 valence electrons. The summed E-state index contributed by atoms with van der Waals surface area (Å²) in [5, 5.41) is 23.4. The van der Waals surface area contributed by atoms with E-state index in [9.17, 15) is 36.3 Å². The molecule has 2 unspecified atom stereocenters. The molecule has 0 bridgehead atoms. The molecule has 7 rings (SSSR count). The smallest absolute Gasteiger partial charge is 0.394 e. The first-order valence-corrected chi connectivity index (χ1v) is 23.9. The third-order valence-electron chi connectivity index (χ3n) is 10.2. The van der Waals surface area contributed by atoms with Gasteiger partial charge in [-0.1, -0.05) is 36.2 Å². The highest BCUT2D eigenvalue weighted by Crippen LogP contribution is 2.28. The molecule has 0 radical (unpaired) electrons. The number of nitrogens with one attached hydrogen (secondary N) is 1. The summed E-state index contributed by atoms with van der Waals surface area (Å²) in [5.41, 5.74) is 6.79. The Morgan fingerprint density at radius 2 is 1.65 bits per heavy atom. The average molecular weight is 1010 g/mol. The number of carboxylic acid groups (broad SMARTS) is 1. The number of aryl methyl sites for hydroxylation is 1. The van der Waals surface area contributed by atoms with Gasteiger partial charge in [-0.3, -0.25) is 28.0 Å². The van der Waals surface area contributed by atoms with E-state index in [1.54, 1.807) is 17.0 Å². The summed E-state index contributed by atoms with van der Waals surface area (Å²) in [6.07, 6.45) is 5.52. The fraction of sp³-hybridized carbons (Fsp3) is 0.318. The van der Waals surface area contributed by atoms with Gasteiger partial charge in [-0.15, -0.1) is 0 Å². The number of nitrogens with zero attached hydrogens (tertiary/aromatic N) is 5. The van der Waals surface area contributed by atoms with Gasteiger partial charge in [-0.25, -0.2) is 22.9 Å². The Hall–Kier alpha value is -5.76. The lowest BCUT2D eigenvalue weighted by Gasteiger charge is -2.21.